The summed E-state index contributed by atoms with van der Waals surface area (Å²) in [7, 11) is 1.50. The lowest BCUT2D eigenvalue weighted by atomic mass is 10.0. The summed E-state index contributed by atoms with van der Waals surface area (Å²) >= 11 is 0. The van der Waals surface area contributed by atoms with Crippen LogP contribution in [-0.4, -0.2) is 61.7 Å². The number of halogens is 1. The molecule has 1 aliphatic heterocycles. The van der Waals surface area contributed by atoms with Crippen molar-refractivity contribution < 1.29 is 23.5 Å². The molecule has 3 aromatic rings. The van der Waals surface area contributed by atoms with Gasteiger partial charge in [0.15, 0.2) is 0 Å². The molecular formula is C25H25FN4O4. The predicted octanol–water partition coefficient (Wildman–Crippen LogP) is 3.42. The van der Waals surface area contributed by atoms with Crippen LogP contribution in [0.25, 0.3) is 11.1 Å². The van der Waals surface area contributed by atoms with E-state index in [1.54, 1.807) is 42.6 Å². The zero-order valence-corrected chi connectivity index (χ0v) is 18.7. The largest absolute Gasteiger partial charge is 0.495 e. The van der Waals surface area contributed by atoms with Gasteiger partial charge in [0, 0.05) is 31.0 Å². The van der Waals surface area contributed by atoms with Crippen LogP contribution in [0.3, 0.4) is 0 Å². The van der Waals surface area contributed by atoms with E-state index in [1.807, 2.05) is 4.90 Å². The fraction of sp³-hybridized carbons (Fsp3) is 0.240. The summed E-state index contributed by atoms with van der Waals surface area (Å²) in [4.78, 5) is 31.6. The molecule has 2 amide bonds. The molecule has 4 rings (SSSR count). The first-order valence-corrected chi connectivity index (χ1v) is 10.8. The standard InChI is InChI=1S/C25H25FN4O4/c1-33-23-13-20(17-4-6-19(26)7-5-17)21(29-25(32)18-3-2-8-27-15-18)14-22(23)28-24(31)16-30-9-11-34-12-10-30/h2-8,13-15H,9-12,16H2,1H3,(H,28,31)(H,29,32). The third kappa shape index (κ3) is 5.75. The fourth-order valence-electron chi connectivity index (χ4n) is 3.66. The van der Waals surface area contributed by atoms with Gasteiger partial charge in [-0.15, -0.1) is 0 Å². The molecular weight excluding hydrogens is 439 g/mol. The Bertz CT molecular complexity index is 1150. The van der Waals surface area contributed by atoms with Crippen molar-refractivity contribution in [2.45, 2.75) is 0 Å². The molecule has 0 spiro atoms. The molecule has 2 N–H and O–H groups in total. The molecule has 1 aromatic heterocycles. The number of amides is 2. The van der Waals surface area contributed by atoms with Crippen molar-refractivity contribution in [2.24, 2.45) is 0 Å². The van der Waals surface area contributed by atoms with Gasteiger partial charge in [-0.3, -0.25) is 19.5 Å². The van der Waals surface area contributed by atoms with Gasteiger partial charge in [0.05, 0.1) is 43.8 Å². The molecule has 0 unspecified atom stereocenters. The zero-order valence-electron chi connectivity index (χ0n) is 18.7. The second-order valence-electron chi connectivity index (χ2n) is 7.74. The van der Waals surface area contributed by atoms with Gasteiger partial charge in [-0.1, -0.05) is 12.1 Å². The highest BCUT2D eigenvalue weighted by Crippen LogP contribution is 2.38. The molecule has 2 aromatic carbocycles. The van der Waals surface area contributed by atoms with E-state index in [-0.39, 0.29) is 24.2 Å². The van der Waals surface area contributed by atoms with Crippen LogP contribution in [0.2, 0.25) is 0 Å². The van der Waals surface area contributed by atoms with Crippen LogP contribution in [0.1, 0.15) is 10.4 Å². The Morgan fingerprint density at radius 2 is 1.85 bits per heavy atom. The molecule has 1 saturated heterocycles. The summed E-state index contributed by atoms with van der Waals surface area (Å²) in [5, 5.41) is 5.76. The average Bonchev–Trinajstić information content (AvgIpc) is 2.86. The van der Waals surface area contributed by atoms with Gasteiger partial charge in [0.2, 0.25) is 5.91 Å². The maximum atomic E-state index is 13.5. The van der Waals surface area contributed by atoms with Gasteiger partial charge in [0.1, 0.15) is 11.6 Å². The van der Waals surface area contributed by atoms with Gasteiger partial charge < -0.3 is 20.1 Å². The lowest BCUT2D eigenvalue weighted by molar-refractivity contribution is -0.118. The molecule has 8 nitrogen and oxygen atoms in total. The number of rotatable bonds is 7. The number of hydrogen-bond acceptors (Lipinski definition) is 6. The Balaban J connectivity index is 1.66. The number of nitrogens with one attached hydrogen (secondary N) is 2. The minimum atomic E-state index is -0.372. The van der Waals surface area contributed by atoms with Gasteiger partial charge in [-0.2, -0.15) is 0 Å². The number of nitrogens with zero attached hydrogens (tertiary/aromatic N) is 2. The number of carbonyl (C=O) groups is 2. The van der Waals surface area contributed by atoms with Crippen molar-refractivity contribution in [3.8, 4) is 16.9 Å². The first-order valence-electron chi connectivity index (χ1n) is 10.8. The molecule has 9 heteroatoms. The van der Waals surface area contributed by atoms with Crippen molar-refractivity contribution in [1.82, 2.24) is 9.88 Å². The average molecular weight is 464 g/mol. The van der Waals surface area contributed by atoms with Gasteiger partial charge >= 0.3 is 0 Å². The summed E-state index contributed by atoms with van der Waals surface area (Å²) in [6.45, 7) is 2.76. The molecule has 34 heavy (non-hydrogen) atoms. The number of methoxy groups -OCH3 is 1. The maximum Gasteiger partial charge on any atom is 0.257 e. The summed E-state index contributed by atoms with van der Waals surface area (Å²) in [5.41, 5.74) is 2.50. The van der Waals surface area contributed by atoms with E-state index in [4.69, 9.17) is 9.47 Å². The van der Waals surface area contributed by atoms with Crippen LogP contribution >= 0.6 is 0 Å². The third-order valence-corrected chi connectivity index (χ3v) is 5.41. The van der Waals surface area contributed by atoms with Gasteiger partial charge in [0.25, 0.3) is 5.91 Å². The SMILES string of the molecule is COc1cc(-c2ccc(F)cc2)c(NC(=O)c2cccnc2)cc1NC(=O)CN1CCOCC1. The maximum absolute atomic E-state index is 13.5. The minimum Gasteiger partial charge on any atom is -0.495 e. The van der Waals surface area contributed by atoms with Gasteiger partial charge in [-0.25, -0.2) is 4.39 Å². The molecule has 0 saturated carbocycles. The van der Waals surface area contributed by atoms with Crippen molar-refractivity contribution >= 4 is 23.2 Å². The molecule has 0 atom stereocenters. The third-order valence-electron chi connectivity index (χ3n) is 5.41. The van der Waals surface area contributed by atoms with E-state index in [1.165, 1.54) is 25.4 Å². The zero-order chi connectivity index (χ0) is 23.9. The first-order chi connectivity index (χ1) is 16.5. The van der Waals surface area contributed by atoms with Crippen molar-refractivity contribution in [3.63, 3.8) is 0 Å². The highest BCUT2D eigenvalue weighted by molar-refractivity contribution is 6.07. The van der Waals surface area contributed by atoms with Crippen LogP contribution in [0, 0.1) is 5.82 Å². The van der Waals surface area contributed by atoms with Crippen LogP contribution < -0.4 is 15.4 Å². The lowest BCUT2D eigenvalue weighted by Crippen LogP contribution is -2.41. The number of anilines is 2. The Hall–Kier alpha value is -3.82. The van der Waals surface area contributed by atoms with E-state index in [0.717, 1.165) is 0 Å². The smallest absolute Gasteiger partial charge is 0.257 e. The summed E-state index contributed by atoms with van der Waals surface area (Å²) in [6, 6.07) is 12.6. The van der Waals surface area contributed by atoms with E-state index in [0.29, 0.717) is 60.1 Å². The van der Waals surface area contributed by atoms with E-state index in [2.05, 4.69) is 15.6 Å². The van der Waals surface area contributed by atoms with Crippen LogP contribution in [0.15, 0.2) is 60.9 Å². The quantitative estimate of drug-likeness (QED) is 0.557. The van der Waals surface area contributed by atoms with Crippen molar-refractivity contribution in [3.05, 3.63) is 72.3 Å². The first kappa shape index (κ1) is 23.3. The lowest BCUT2D eigenvalue weighted by Gasteiger charge is -2.26. The number of morpholine rings is 1. The topological polar surface area (TPSA) is 92.8 Å². The second-order valence-corrected chi connectivity index (χ2v) is 7.74. The summed E-state index contributed by atoms with van der Waals surface area (Å²) in [5.74, 6) is -0.538. The second kappa shape index (κ2) is 10.9. The van der Waals surface area contributed by atoms with E-state index in [9.17, 15) is 14.0 Å². The molecule has 0 aliphatic carbocycles. The minimum absolute atomic E-state index is 0.209. The molecule has 0 bridgehead atoms. The van der Waals surface area contributed by atoms with Crippen LogP contribution in [0.4, 0.5) is 15.8 Å². The molecule has 176 valence electrons. The number of ether oxygens (including phenoxy) is 2. The molecule has 1 aliphatic rings. The molecule has 0 radical (unpaired) electrons. The highest BCUT2D eigenvalue weighted by Gasteiger charge is 2.19. The Morgan fingerprint density at radius 1 is 1.09 bits per heavy atom. The number of hydrogen-bond donors (Lipinski definition) is 2. The Morgan fingerprint density at radius 3 is 2.53 bits per heavy atom. The summed E-state index contributed by atoms with van der Waals surface area (Å²) < 4.78 is 24.4. The van der Waals surface area contributed by atoms with Gasteiger partial charge in [-0.05, 0) is 42.0 Å². The van der Waals surface area contributed by atoms with E-state index < -0.39 is 0 Å². The van der Waals surface area contributed by atoms with Crippen LogP contribution in [-0.2, 0) is 9.53 Å². The molecule has 1 fully saturated rings. The van der Waals surface area contributed by atoms with Crippen molar-refractivity contribution in [2.75, 3.05) is 50.6 Å². The number of benzene rings is 2. The number of carbonyl (C=O) groups excluding carboxylic acids is 2. The highest BCUT2D eigenvalue weighted by atomic mass is 19.1. The monoisotopic (exact) mass is 464 g/mol. The van der Waals surface area contributed by atoms with Crippen LogP contribution in [0.5, 0.6) is 5.75 Å². The number of aromatic nitrogens is 1. The molecule has 2 heterocycles. The predicted molar refractivity (Wildman–Crippen MR) is 126 cm³/mol. The Labute approximate surface area is 196 Å². The summed E-state index contributed by atoms with van der Waals surface area (Å²) in [6.07, 6.45) is 3.04. The normalized spacial score (nSPS) is 13.8. The van der Waals surface area contributed by atoms with Crippen molar-refractivity contribution in [1.29, 1.82) is 0 Å². The van der Waals surface area contributed by atoms with E-state index >= 15 is 0 Å². The Kier molecular flexibility index (Phi) is 7.46. The number of pyridine rings is 1. The fourth-order valence-corrected chi connectivity index (χ4v) is 3.66.